The average Bonchev–Trinajstić information content (AvgIpc) is 2.08. The van der Waals surface area contributed by atoms with Gasteiger partial charge in [0.05, 0.1) is 20.6 Å². The summed E-state index contributed by atoms with van der Waals surface area (Å²) in [7, 11) is 4.23. The highest BCUT2D eigenvalue weighted by Gasteiger charge is 2.33. The normalized spacial score (nSPS) is 32.4. The Balaban J connectivity index is 2.62. The van der Waals surface area contributed by atoms with Gasteiger partial charge in [-0.25, -0.2) is 0 Å². The van der Waals surface area contributed by atoms with Crippen LogP contribution in [-0.4, -0.2) is 37.5 Å². The highest BCUT2D eigenvalue weighted by Crippen LogP contribution is 2.19. The minimum Gasteiger partial charge on any atom is -0.320 e. The molecule has 1 rings (SSSR count). The van der Waals surface area contributed by atoms with Crippen LogP contribution in [0.2, 0.25) is 0 Å². The lowest BCUT2D eigenvalue weighted by atomic mass is 10.2. The minimum atomic E-state index is 0.269. The van der Waals surface area contributed by atoms with E-state index in [1.165, 1.54) is 6.42 Å². The fraction of sp³-hybridized carbons (Fsp3) is 0.857. The molecule has 1 saturated heterocycles. The van der Waals surface area contributed by atoms with Crippen molar-refractivity contribution in [2.45, 2.75) is 18.9 Å². The molecular formula is C7H14NO+. The van der Waals surface area contributed by atoms with Gasteiger partial charge in [0.1, 0.15) is 6.04 Å². The topological polar surface area (TPSA) is 17.1 Å². The van der Waals surface area contributed by atoms with Gasteiger partial charge in [-0.3, -0.25) is 4.79 Å². The van der Waals surface area contributed by atoms with Crippen LogP contribution in [0, 0.1) is 0 Å². The largest absolute Gasteiger partial charge is 0.320 e. The second kappa shape index (κ2) is 2.10. The minimum absolute atomic E-state index is 0.269. The third kappa shape index (κ3) is 1.13. The molecule has 0 aromatic rings. The summed E-state index contributed by atoms with van der Waals surface area (Å²) in [6.07, 6.45) is 3.37. The van der Waals surface area contributed by atoms with Crippen LogP contribution in [-0.2, 0) is 4.79 Å². The molecule has 0 aromatic carbocycles. The van der Waals surface area contributed by atoms with Crippen LogP contribution in [0.5, 0.6) is 0 Å². The zero-order valence-corrected chi connectivity index (χ0v) is 6.13. The van der Waals surface area contributed by atoms with E-state index in [1.807, 2.05) is 0 Å². The van der Waals surface area contributed by atoms with E-state index in [2.05, 4.69) is 14.1 Å². The number of likely N-dealkylation sites (tertiary alicyclic amines) is 1. The van der Waals surface area contributed by atoms with Crippen molar-refractivity contribution < 1.29 is 9.28 Å². The first-order valence-corrected chi connectivity index (χ1v) is 3.45. The zero-order chi connectivity index (χ0) is 6.91. The molecule has 0 aliphatic carbocycles. The summed E-state index contributed by atoms with van der Waals surface area (Å²) in [4.78, 5) is 10.4. The molecule has 2 nitrogen and oxygen atoms in total. The molecule has 2 heteroatoms. The van der Waals surface area contributed by atoms with E-state index >= 15 is 0 Å². The summed E-state index contributed by atoms with van der Waals surface area (Å²) < 4.78 is 0.892. The van der Waals surface area contributed by atoms with Crippen molar-refractivity contribution in [1.82, 2.24) is 0 Å². The third-order valence-electron chi connectivity index (χ3n) is 2.29. The smallest absolute Gasteiger partial charge is 0.177 e. The van der Waals surface area contributed by atoms with Crippen molar-refractivity contribution in [2.24, 2.45) is 0 Å². The Bertz CT molecular complexity index is 120. The Labute approximate surface area is 56.1 Å². The van der Waals surface area contributed by atoms with Gasteiger partial charge >= 0.3 is 0 Å². The van der Waals surface area contributed by atoms with Gasteiger partial charge in [0.25, 0.3) is 0 Å². The van der Waals surface area contributed by atoms with Crippen molar-refractivity contribution in [3.63, 3.8) is 0 Å². The van der Waals surface area contributed by atoms with Crippen molar-refractivity contribution in [3.8, 4) is 0 Å². The number of quaternary nitrogens is 1. The number of rotatable bonds is 1. The van der Waals surface area contributed by atoms with Gasteiger partial charge in [-0.15, -0.1) is 0 Å². The average molecular weight is 128 g/mol. The van der Waals surface area contributed by atoms with Gasteiger partial charge < -0.3 is 4.48 Å². The maximum absolute atomic E-state index is 10.4. The Morgan fingerprint density at radius 1 is 1.56 bits per heavy atom. The maximum Gasteiger partial charge on any atom is 0.177 e. The van der Waals surface area contributed by atoms with Crippen LogP contribution in [0.4, 0.5) is 0 Å². The molecular weight excluding hydrogens is 114 g/mol. The lowest BCUT2D eigenvalue weighted by molar-refractivity contribution is -0.892. The lowest BCUT2D eigenvalue weighted by Crippen LogP contribution is -2.44. The van der Waals surface area contributed by atoms with Crippen molar-refractivity contribution >= 4 is 6.29 Å². The number of nitrogens with zero attached hydrogens (tertiary/aromatic N) is 1. The molecule has 52 valence electrons. The molecule has 0 radical (unpaired) electrons. The molecule has 1 aliphatic heterocycles. The first-order valence-electron chi connectivity index (χ1n) is 3.45. The first-order chi connectivity index (χ1) is 4.17. The summed E-state index contributed by atoms with van der Waals surface area (Å²) in [5.74, 6) is 0. The third-order valence-corrected chi connectivity index (χ3v) is 2.29. The van der Waals surface area contributed by atoms with Gasteiger partial charge in [0.2, 0.25) is 0 Å². The van der Waals surface area contributed by atoms with Crippen LogP contribution in [0.25, 0.3) is 0 Å². The van der Waals surface area contributed by atoms with Crippen LogP contribution in [0.15, 0.2) is 0 Å². The van der Waals surface area contributed by atoms with E-state index in [0.29, 0.717) is 0 Å². The van der Waals surface area contributed by atoms with E-state index in [4.69, 9.17) is 0 Å². The monoisotopic (exact) mass is 128 g/mol. The molecule has 9 heavy (non-hydrogen) atoms. The summed E-state index contributed by atoms with van der Waals surface area (Å²) >= 11 is 0. The Hall–Kier alpha value is -0.370. The molecule has 0 amide bonds. The Kier molecular flexibility index (Phi) is 1.58. The van der Waals surface area contributed by atoms with E-state index in [0.717, 1.165) is 23.7 Å². The number of hydrogen-bond donors (Lipinski definition) is 0. The van der Waals surface area contributed by atoms with Crippen LogP contribution < -0.4 is 0 Å². The number of carbonyl (C=O) groups is 1. The van der Waals surface area contributed by atoms with Crippen molar-refractivity contribution in [3.05, 3.63) is 0 Å². The number of carbonyl (C=O) groups excluding carboxylic acids is 1. The zero-order valence-electron chi connectivity index (χ0n) is 6.13. The van der Waals surface area contributed by atoms with Crippen LogP contribution >= 0.6 is 0 Å². The van der Waals surface area contributed by atoms with Gasteiger partial charge in [-0.1, -0.05) is 0 Å². The highest BCUT2D eigenvalue weighted by atomic mass is 16.1. The lowest BCUT2D eigenvalue weighted by Gasteiger charge is -2.27. The summed E-state index contributed by atoms with van der Waals surface area (Å²) in [5.41, 5.74) is 0. The first kappa shape index (κ1) is 6.75. The molecule has 0 saturated carbocycles. The maximum atomic E-state index is 10.4. The van der Waals surface area contributed by atoms with Gasteiger partial charge in [-0.05, 0) is 0 Å². The Morgan fingerprint density at radius 3 is 2.44 bits per heavy atom. The van der Waals surface area contributed by atoms with Crippen molar-refractivity contribution in [1.29, 1.82) is 0 Å². The van der Waals surface area contributed by atoms with Crippen LogP contribution in [0.1, 0.15) is 12.8 Å². The van der Waals surface area contributed by atoms with Gasteiger partial charge in [-0.2, -0.15) is 0 Å². The van der Waals surface area contributed by atoms with Gasteiger partial charge in [0, 0.05) is 12.8 Å². The summed E-state index contributed by atoms with van der Waals surface area (Å²) in [6, 6.07) is 0.269. The predicted octanol–water partition coefficient (Wildman–Crippen LogP) is 0.424. The molecule has 0 aromatic heterocycles. The molecule has 1 aliphatic rings. The molecule has 0 unspecified atom stereocenters. The number of likely N-dealkylation sites (N-methyl/N-ethyl adjacent to an activating group) is 1. The Morgan fingerprint density at radius 2 is 2.22 bits per heavy atom. The van der Waals surface area contributed by atoms with E-state index in [9.17, 15) is 4.79 Å². The fourth-order valence-electron chi connectivity index (χ4n) is 1.46. The fourth-order valence-corrected chi connectivity index (χ4v) is 1.46. The van der Waals surface area contributed by atoms with Gasteiger partial charge in [0.15, 0.2) is 6.29 Å². The molecule has 1 heterocycles. The number of hydrogen-bond acceptors (Lipinski definition) is 1. The molecule has 0 N–H and O–H groups in total. The highest BCUT2D eigenvalue weighted by molar-refractivity contribution is 5.56. The summed E-state index contributed by atoms with van der Waals surface area (Å²) in [5, 5.41) is 0. The van der Waals surface area contributed by atoms with Crippen molar-refractivity contribution in [2.75, 3.05) is 20.6 Å². The van der Waals surface area contributed by atoms with E-state index in [1.54, 1.807) is 0 Å². The second-order valence-electron chi connectivity index (χ2n) is 3.35. The predicted molar refractivity (Wildman–Crippen MR) is 36.1 cm³/mol. The molecule has 1 fully saturated rings. The molecule has 0 spiro atoms. The second-order valence-corrected chi connectivity index (χ2v) is 3.35. The standard InChI is InChI=1S/C7H14NO/c1-8(2)5-3-4-7(8)6-9/h6-7H,3-5H2,1-2H3/q+1/t7-/m0/s1. The number of aldehydes is 1. The molecule has 1 atom stereocenters. The summed E-state index contributed by atoms with van der Waals surface area (Å²) in [6.45, 7) is 1.16. The van der Waals surface area contributed by atoms with Crippen LogP contribution in [0.3, 0.4) is 0 Å². The van der Waals surface area contributed by atoms with E-state index in [-0.39, 0.29) is 6.04 Å². The van der Waals surface area contributed by atoms with E-state index < -0.39 is 0 Å². The molecule has 0 bridgehead atoms. The quantitative estimate of drug-likeness (QED) is 0.369. The SMILES string of the molecule is C[N+]1(C)CCC[C@H]1C=O.